The summed E-state index contributed by atoms with van der Waals surface area (Å²) >= 11 is 0. The number of benzene rings is 1. The lowest BCUT2D eigenvalue weighted by atomic mass is 10.1. The molecule has 19 heavy (non-hydrogen) atoms. The molecule has 1 rings (SSSR count). The number of ether oxygens (including phenoxy) is 1. The summed E-state index contributed by atoms with van der Waals surface area (Å²) in [6.45, 7) is 7.63. The van der Waals surface area contributed by atoms with E-state index in [9.17, 15) is 4.79 Å². The molecule has 0 aromatic heterocycles. The summed E-state index contributed by atoms with van der Waals surface area (Å²) in [7, 11) is 0. The number of carbonyl (C=O) groups excluding carboxylic acids is 1. The predicted octanol–water partition coefficient (Wildman–Crippen LogP) is 3.02. The van der Waals surface area contributed by atoms with E-state index in [1.165, 1.54) is 6.08 Å². The van der Waals surface area contributed by atoms with Crippen molar-refractivity contribution < 1.29 is 9.53 Å². The molecule has 0 heterocycles. The number of esters is 1. The second-order valence-corrected chi connectivity index (χ2v) is 5.44. The fourth-order valence-corrected chi connectivity index (χ4v) is 1.48. The second-order valence-electron chi connectivity index (χ2n) is 5.44. The highest BCUT2D eigenvalue weighted by atomic mass is 16.5. The van der Waals surface area contributed by atoms with Gasteiger partial charge in [0.2, 0.25) is 0 Å². The van der Waals surface area contributed by atoms with E-state index in [4.69, 9.17) is 4.74 Å². The van der Waals surface area contributed by atoms with Gasteiger partial charge in [-0.1, -0.05) is 30.3 Å². The van der Waals surface area contributed by atoms with Crippen molar-refractivity contribution in [3.63, 3.8) is 0 Å². The number of hydrogen-bond acceptors (Lipinski definition) is 3. The predicted molar refractivity (Wildman–Crippen MR) is 78.8 cm³/mol. The molecule has 0 unspecified atom stereocenters. The molecule has 0 amide bonds. The van der Waals surface area contributed by atoms with Gasteiger partial charge in [0.25, 0.3) is 0 Å². The molecular weight excluding hydrogens is 238 g/mol. The summed E-state index contributed by atoms with van der Waals surface area (Å²) in [6, 6.07) is 9.69. The van der Waals surface area contributed by atoms with Crippen LogP contribution in [0.4, 0.5) is 0 Å². The molecule has 0 aliphatic heterocycles. The van der Waals surface area contributed by atoms with Crippen LogP contribution in [0.25, 0.3) is 6.08 Å². The van der Waals surface area contributed by atoms with Crippen LogP contribution in [-0.4, -0.2) is 24.7 Å². The molecule has 0 spiro atoms. The molecule has 0 saturated carbocycles. The molecule has 0 saturated heterocycles. The minimum absolute atomic E-state index is 0.108. The average molecular weight is 261 g/mol. The van der Waals surface area contributed by atoms with Gasteiger partial charge in [0.15, 0.2) is 0 Å². The molecule has 0 bridgehead atoms. The Bertz CT molecular complexity index is 405. The average Bonchev–Trinajstić information content (AvgIpc) is 2.36. The van der Waals surface area contributed by atoms with E-state index < -0.39 is 0 Å². The fourth-order valence-electron chi connectivity index (χ4n) is 1.48. The molecule has 0 radical (unpaired) electrons. The molecule has 3 heteroatoms. The zero-order chi connectivity index (χ0) is 14.1. The van der Waals surface area contributed by atoms with Crippen LogP contribution in [0.15, 0.2) is 36.4 Å². The van der Waals surface area contributed by atoms with Crippen molar-refractivity contribution in [2.24, 2.45) is 0 Å². The van der Waals surface area contributed by atoms with Gasteiger partial charge in [0, 0.05) is 11.6 Å². The molecular formula is C16H23NO2. The molecule has 3 nitrogen and oxygen atoms in total. The minimum atomic E-state index is -0.292. The van der Waals surface area contributed by atoms with E-state index in [1.54, 1.807) is 6.08 Å². The normalized spacial score (nSPS) is 11.7. The van der Waals surface area contributed by atoms with Crippen molar-refractivity contribution in [3.05, 3.63) is 42.0 Å². The van der Waals surface area contributed by atoms with Crippen LogP contribution in [0.3, 0.4) is 0 Å². The maximum atomic E-state index is 11.4. The summed E-state index contributed by atoms with van der Waals surface area (Å²) in [5, 5.41) is 3.34. The highest BCUT2D eigenvalue weighted by Crippen LogP contribution is 2.01. The highest BCUT2D eigenvalue weighted by molar-refractivity contribution is 5.86. The summed E-state index contributed by atoms with van der Waals surface area (Å²) in [5.41, 5.74) is 1.10. The van der Waals surface area contributed by atoms with Crippen LogP contribution in [-0.2, 0) is 9.53 Å². The Hall–Kier alpha value is -1.61. The molecule has 0 fully saturated rings. The molecule has 0 aliphatic rings. The topological polar surface area (TPSA) is 38.3 Å². The third kappa shape index (κ3) is 8.16. The van der Waals surface area contributed by atoms with E-state index in [0.29, 0.717) is 6.61 Å². The van der Waals surface area contributed by atoms with Gasteiger partial charge in [-0.2, -0.15) is 0 Å². The first-order valence-corrected chi connectivity index (χ1v) is 6.62. The molecule has 1 aromatic rings. The Kier molecular flexibility index (Phi) is 6.30. The van der Waals surface area contributed by atoms with Gasteiger partial charge in [-0.05, 0) is 45.4 Å². The lowest BCUT2D eigenvalue weighted by molar-refractivity contribution is -0.137. The summed E-state index contributed by atoms with van der Waals surface area (Å²) in [4.78, 5) is 11.4. The first-order valence-electron chi connectivity index (χ1n) is 6.62. The number of nitrogens with one attached hydrogen (secondary N) is 1. The quantitative estimate of drug-likeness (QED) is 0.486. The Morgan fingerprint density at radius 2 is 1.95 bits per heavy atom. The Morgan fingerprint density at radius 3 is 2.58 bits per heavy atom. The zero-order valence-electron chi connectivity index (χ0n) is 12.0. The van der Waals surface area contributed by atoms with Crippen molar-refractivity contribution in [2.45, 2.75) is 32.7 Å². The lowest BCUT2D eigenvalue weighted by Crippen LogP contribution is -2.36. The van der Waals surface area contributed by atoms with Gasteiger partial charge >= 0.3 is 5.97 Å². The minimum Gasteiger partial charge on any atom is -0.462 e. The number of carbonyl (C=O) groups is 1. The smallest absolute Gasteiger partial charge is 0.330 e. The van der Waals surface area contributed by atoms with Gasteiger partial charge in [-0.25, -0.2) is 4.79 Å². The standard InChI is InChI=1S/C16H23NO2/c1-16(2,3)17-12-7-13-19-15(18)11-10-14-8-5-4-6-9-14/h4-6,8-11,17H,7,12-13H2,1-3H3/b11-10+. The maximum Gasteiger partial charge on any atom is 0.330 e. The molecule has 1 aromatic carbocycles. The van der Waals surface area contributed by atoms with E-state index in [-0.39, 0.29) is 11.5 Å². The van der Waals surface area contributed by atoms with Gasteiger partial charge in [0.1, 0.15) is 0 Å². The van der Waals surface area contributed by atoms with Gasteiger partial charge in [-0.3, -0.25) is 0 Å². The van der Waals surface area contributed by atoms with Gasteiger partial charge < -0.3 is 10.1 Å². The summed E-state index contributed by atoms with van der Waals surface area (Å²) < 4.78 is 5.11. The van der Waals surface area contributed by atoms with E-state index in [0.717, 1.165) is 18.5 Å². The molecule has 0 aliphatic carbocycles. The third-order valence-electron chi connectivity index (χ3n) is 2.43. The monoisotopic (exact) mass is 261 g/mol. The SMILES string of the molecule is CC(C)(C)NCCCOC(=O)/C=C/c1ccccc1. The zero-order valence-corrected chi connectivity index (χ0v) is 12.0. The van der Waals surface area contributed by atoms with Crippen LogP contribution in [0.5, 0.6) is 0 Å². The van der Waals surface area contributed by atoms with Crippen LogP contribution in [0.1, 0.15) is 32.8 Å². The van der Waals surface area contributed by atoms with Crippen molar-refractivity contribution in [2.75, 3.05) is 13.2 Å². The van der Waals surface area contributed by atoms with Crippen LogP contribution >= 0.6 is 0 Å². The first-order chi connectivity index (χ1) is 8.97. The maximum absolute atomic E-state index is 11.4. The summed E-state index contributed by atoms with van der Waals surface area (Å²) in [6.07, 6.45) is 4.05. The first kappa shape index (κ1) is 15.4. The molecule has 0 atom stereocenters. The Balaban J connectivity index is 2.17. The number of rotatable bonds is 6. The number of hydrogen-bond donors (Lipinski definition) is 1. The van der Waals surface area contributed by atoms with Crippen molar-refractivity contribution >= 4 is 12.0 Å². The van der Waals surface area contributed by atoms with E-state index >= 15 is 0 Å². The Morgan fingerprint density at radius 1 is 1.26 bits per heavy atom. The molecule has 1 N–H and O–H groups in total. The largest absolute Gasteiger partial charge is 0.462 e. The van der Waals surface area contributed by atoms with Crippen molar-refractivity contribution in [3.8, 4) is 0 Å². The van der Waals surface area contributed by atoms with Crippen molar-refractivity contribution in [1.82, 2.24) is 5.32 Å². The highest BCUT2D eigenvalue weighted by Gasteiger charge is 2.07. The Labute approximate surface area is 115 Å². The summed E-state index contributed by atoms with van der Waals surface area (Å²) in [5.74, 6) is -0.292. The lowest BCUT2D eigenvalue weighted by Gasteiger charge is -2.20. The van der Waals surface area contributed by atoms with Crippen molar-refractivity contribution in [1.29, 1.82) is 0 Å². The fraction of sp³-hybridized carbons (Fsp3) is 0.438. The van der Waals surface area contributed by atoms with Gasteiger partial charge in [0.05, 0.1) is 6.61 Å². The van der Waals surface area contributed by atoms with E-state index in [1.807, 2.05) is 30.3 Å². The van der Waals surface area contributed by atoms with Gasteiger partial charge in [-0.15, -0.1) is 0 Å². The van der Waals surface area contributed by atoms with Crippen LogP contribution < -0.4 is 5.32 Å². The van der Waals surface area contributed by atoms with Crippen LogP contribution in [0, 0.1) is 0 Å². The third-order valence-corrected chi connectivity index (χ3v) is 2.43. The van der Waals surface area contributed by atoms with E-state index in [2.05, 4.69) is 26.1 Å². The second kappa shape index (κ2) is 7.74. The molecule has 104 valence electrons. The van der Waals surface area contributed by atoms with Crippen LogP contribution in [0.2, 0.25) is 0 Å².